The van der Waals surface area contributed by atoms with Crippen LogP contribution >= 0.6 is 0 Å². The number of hydrogen-bond donors (Lipinski definition) is 3. The van der Waals surface area contributed by atoms with Gasteiger partial charge in [-0.15, -0.1) is 0 Å². The van der Waals surface area contributed by atoms with E-state index in [1.54, 1.807) is 24.3 Å². The first-order valence-electron chi connectivity index (χ1n) is 7.34. The van der Waals surface area contributed by atoms with Crippen molar-refractivity contribution in [2.24, 2.45) is 0 Å². The number of ether oxygens (including phenoxy) is 1. The van der Waals surface area contributed by atoms with Crippen molar-refractivity contribution in [2.45, 2.75) is 6.92 Å². The number of nitrogens with one attached hydrogen (secondary N) is 3. The minimum atomic E-state index is -0.391. The summed E-state index contributed by atoms with van der Waals surface area (Å²) < 4.78 is 18.1. The molecule has 0 aliphatic carbocycles. The Bertz CT molecular complexity index is 704. The maximum absolute atomic E-state index is 12.7. The molecule has 0 radical (unpaired) electrons. The van der Waals surface area contributed by atoms with Gasteiger partial charge < -0.3 is 20.7 Å². The zero-order valence-corrected chi connectivity index (χ0v) is 13.1. The third kappa shape index (κ3) is 5.96. The van der Waals surface area contributed by atoms with Crippen molar-refractivity contribution in [3.05, 3.63) is 54.3 Å². The van der Waals surface area contributed by atoms with Crippen molar-refractivity contribution in [1.82, 2.24) is 5.32 Å². The summed E-state index contributed by atoms with van der Waals surface area (Å²) in [6.45, 7) is 1.95. The first kappa shape index (κ1) is 17.3. The lowest BCUT2D eigenvalue weighted by Gasteiger charge is -2.10. The van der Waals surface area contributed by atoms with Crippen LogP contribution in [0.15, 0.2) is 48.5 Å². The van der Waals surface area contributed by atoms with Gasteiger partial charge >= 0.3 is 6.03 Å². The summed E-state index contributed by atoms with van der Waals surface area (Å²) in [5.41, 5.74) is 1.15. The van der Waals surface area contributed by atoms with Crippen LogP contribution in [0.5, 0.6) is 5.75 Å². The lowest BCUT2D eigenvalue weighted by atomic mass is 10.3. The Morgan fingerprint density at radius 3 is 2.38 bits per heavy atom. The summed E-state index contributed by atoms with van der Waals surface area (Å²) in [4.78, 5) is 22.8. The molecule has 3 amide bonds. The van der Waals surface area contributed by atoms with Crippen LogP contribution in [0.4, 0.5) is 20.6 Å². The van der Waals surface area contributed by atoms with Crippen LogP contribution in [0.25, 0.3) is 0 Å². The maximum Gasteiger partial charge on any atom is 0.319 e. The van der Waals surface area contributed by atoms with Gasteiger partial charge in [0.15, 0.2) is 0 Å². The minimum absolute atomic E-state index is 0.186. The number of hydrogen-bond acceptors (Lipinski definition) is 3. The fourth-order valence-corrected chi connectivity index (χ4v) is 1.92. The Morgan fingerprint density at radius 1 is 1.04 bits per heavy atom. The van der Waals surface area contributed by atoms with E-state index >= 15 is 0 Å². The highest BCUT2D eigenvalue weighted by Gasteiger charge is 2.03. The summed E-state index contributed by atoms with van der Waals surface area (Å²) in [6, 6.07) is 12.0. The zero-order valence-electron chi connectivity index (χ0n) is 13.1. The third-order valence-corrected chi connectivity index (χ3v) is 2.91. The van der Waals surface area contributed by atoms with Crippen LogP contribution in [0.3, 0.4) is 0 Å². The molecule has 0 fully saturated rings. The highest BCUT2D eigenvalue weighted by molar-refractivity contribution is 5.92. The fourth-order valence-electron chi connectivity index (χ4n) is 1.92. The molecule has 126 valence electrons. The van der Waals surface area contributed by atoms with Crippen LogP contribution in [-0.4, -0.2) is 25.1 Å². The van der Waals surface area contributed by atoms with Crippen molar-refractivity contribution in [1.29, 1.82) is 0 Å². The van der Waals surface area contributed by atoms with Gasteiger partial charge in [0.25, 0.3) is 0 Å². The van der Waals surface area contributed by atoms with Crippen LogP contribution in [0, 0.1) is 5.82 Å². The fraction of sp³-hybridized carbons (Fsp3) is 0.176. The Kier molecular flexibility index (Phi) is 6.13. The van der Waals surface area contributed by atoms with Gasteiger partial charge in [-0.2, -0.15) is 0 Å². The normalized spacial score (nSPS) is 9.92. The monoisotopic (exact) mass is 331 g/mol. The van der Waals surface area contributed by atoms with E-state index < -0.39 is 6.03 Å². The molecule has 0 saturated carbocycles. The lowest BCUT2D eigenvalue weighted by molar-refractivity contribution is -0.114. The topological polar surface area (TPSA) is 79.5 Å². The minimum Gasteiger partial charge on any atom is -0.492 e. The Balaban J connectivity index is 1.73. The standard InChI is InChI=1S/C17H18FN3O3/c1-12(22)20-14-3-2-4-15(11-14)21-17(23)19-9-10-24-16-7-5-13(18)6-8-16/h2-8,11H,9-10H2,1H3,(H,20,22)(H2,19,21,23). The molecule has 6 nitrogen and oxygen atoms in total. The molecule has 0 aliphatic rings. The number of rotatable bonds is 6. The molecule has 0 unspecified atom stereocenters. The zero-order chi connectivity index (χ0) is 17.4. The predicted octanol–water partition coefficient (Wildman–Crippen LogP) is 2.98. The van der Waals surface area contributed by atoms with Crippen LogP contribution in [-0.2, 0) is 4.79 Å². The molecule has 0 atom stereocenters. The van der Waals surface area contributed by atoms with Gasteiger partial charge in [-0.05, 0) is 42.5 Å². The summed E-state index contributed by atoms with van der Waals surface area (Å²) >= 11 is 0. The van der Waals surface area contributed by atoms with E-state index in [9.17, 15) is 14.0 Å². The molecule has 0 heterocycles. The van der Waals surface area contributed by atoms with Gasteiger partial charge in [-0.1, -0.05) is 6.07 Å². The summed E-state index contributed by atoms with van der Waals surface area (Å²) in [7, 11) is 0. The van der Waals surface area contributed by atoms with E-state index in [4.69, 9.17) is 4.74 Å². The van der Waals surface area contributed by atoms with Crippen molar-refractivity contribution in [3.8, 4) is 5.75 Å². The second kappa shape index (κ2) is 8.52. The molecule has 3 N–H and O–H groups in total. The number of carbonyl (C=O) groups is 2. The number of carbonyl (C=O) groups excluding carboxylic acids is 2. The number of anilines is 2. The smallest absolute Gasteiger partial charge is 0.319 e. The average molecular weight is 331 g/mol. The molecule has 0 aromatic heterocycles. The molecule has 7 heteroatoms. The lowest BCUT2D eigenvalue weighted by Crippen LogP contribution is -2.32. The molecule has 2 aromatic carbocycles. The predicted molar refractivity (Wildman–Crippen MR) is 89.7 cm³/mol. The molecule has 2 rings (SSSR count). The van der Waals surface area contributed by atoms with Crippen molar-refractivity contribution < 1.29 is 18.7 Å². The first-order chi connectivity index (χ1) is 11.5. The molecular weight excluding hydrogens is 313 g/mol. The van der Waals surface area contributed by atoms with Gasteiger partial charge in [0.2, 0.25) is 5.91 Å². The number of urea groups is 1. The molecule has 0 saturated heterocycles. The maximum atomic E-state index is 12.7. The highest BCUT2D eigenvalue weighted by atomic mass is 19.1. The Hall–Kier alpha value is -3.09. The van der Waals surface area contributed by atoms with Gasteiger partial charge in [0.05, 0.1) is 6.54 Å². The van der Waals surface area contributed by atoms with Gasteiger partial charge in [0.1, 0.15) is 18.2 Å². The van der Waals surface area contributed by atoms with E-state index in [0.29, 0.717) is 17.1 Å². The quantitative estimate of drug-likeness (QED) is 0.712. The Morgan fingerprint density at radius 2 is 1.71 bits per heavy atom. The van der Waals surface area contributed by atoms with Gasteiger partial charge in [-0.3, -0.25) is 4.79 Å². The second-order valence-electron chi connectivity index (χ2n) is 4.95. The largest absolute Gasteiger partial charge is 0.492 e. The third-order valence-electron chi connectivity index (χ3n) is 2.91. The van der Waals surface area contributed by atoms with Crippen LogP contribution < -0.4 is 20.7 Å². The molecule has 24 heavy (non-hydrogen) atoms. The van der Waals surface area contributed by atoms with E-state index in [-0.39, 0.29) is 24.9 Å². The van der Waals surface area contributed by atoms with Gasteiger partial charge in [0, 0.05) is 18.3 Å². The molecule has 0 spiro atoms. The van der Waals surface area contributed by atoms with E-state index in [1.165, 1.54) is 31.2 Å². The highest BCUT2D eigenvalue weighted by Crippen LogP contribution is 2.15. The van der Waals surface area contributed by atoms with E-state index in [2.05, 4.69) is 16.0 Å². The van der Waals surface area contributed by atoms with Crippen LogP contribution in [0.2, 0.25) is 0 Å². The van der Waals surface area contributed by atoms with Crippen molar-refractivity contribution in [2.75, 3.05) is 23.8 Å². The molecule has 0 bridgehead atoms. The first-order valence-corrected chi connectivity index (χ1v) is 7.34. The van der Waals surface area contributed by atoms with Crippen LogP contribution in [0.1, 0.15) is 6.92 Å². The number of benzene rings is 2. The van der Waals surface area contributed by atoms with E-state index in [0.717, 1.165) is 0 Å². The van der Waals surface area contributed by atoms with Crippen molar-refractivity contribution in [3.63, 3.8) is 0 Å². The number of amides is 3. The second-order valence-corrected chi connectivity index (χ2v) is 4.95. The summed E-state index contributed by atoms with van der Waals surface area (Å²) in [5, 5.41) is 7.93. The van der Waals surface area contributed by atoms with E-state index in [1.807, 2.05) is 0 Å². The SMILES string of the molecule is CC(=O)Nc1cccc(NC(=O)NCCOc2ccc(F)cc2)c1. The summed E-state index contributed by atoms with van der Waals surface area (Å²) in [5.74, 6) is 0.0116. The number of halogens is 1. The average Bonchev–Trinajstić information content (AvgIpc) is 2.53. The summed E-state index contributed by atoms with van der Waals surface area (Å²) in [6.07, 6.45) is 0. The molecule has 2 aromatic rings. The molecule has 0 aliphatic heterocycles. The molecular formula is C17H18FN3O3. The Labute approximate surface area is 139 Å². The van der Waals surface area contributed by atoms with Gasteiger partial charge in [-0.25, -0.2) is 9.18 Å². The van der Waals surface area contributed by atoms with Crippen molar-refractivity contribution >= 4 is 23.3 Å².